The van der Waals surface area contributed by atoms with Crippen molar-refractivity contribution in [2.45, 2.75) is 219 Å². The van der Waals surface area contributed by atoms with Gasteiger partial charge in [0.05, 0.1) is 20.1 Å². The minimum Gasteiger partial charge on any atom is -0.356 e. The van der Waals surface area contributed by atoms with Crippen LogP contribution in [0.4, 0.5) is 0 Å². The maximum Gasteiger partial charge on any atom is 0.226 e. The van der Waals surface area contributed by atoms with E-state index < -0.39 is 0 Å². The number of unbranched alkanes of at least 4 members (excludes halogenated alkanes) is 24. The second kappa shape index (κ2) is 34.2. The Hall–Kier alpha value is -1.63. The predicted molar refractivity (Wildman–Crippen MR) is 218 cm³/mol. The van der Waals surface area contributed by atoms with E-state index in [-0.39, 0.29) is 17.7 Å². The third-order valence-electron chi connectivity index (χ3n) is 11.1. The molecule has 0 saturated carbocycles. The molecule has 0 spiro atoms. The van der Waals surface area contributed by atoms with Gasteiger partial charge in [0.15, 0.2) is 6.67 Å². The molecule has 0 atom stereocenters. The van der Waals surface area contributed by atoms with E-state index in [1.807, 2.05) is 4.90 Å². The molecule has 51 heavy (non-hydrogen) atoms. The van der Waals surface area contributed by atoms with E-state index in [0.29, 0.717) is 32.4 Å². The molecule has 7 nitrogen and oxygen atoms in total. The summed E-state index contributed by atoms with van der Waals surface area (Å²) in [6.45, 7) is 9.32. The highest BCUT2D eigenvalue weighted by Crippen LogP contribution is 2.17. The molecule has 300 valence electrons. The summed E-state index contributed by atoms with van der Waals surface area (Å²) in [5.41, 5.74) is 0. The largest absolute Gasteiger partial charge is 0.356 e. The lowest BCUT2D eigenvalue weighted by atomic mass is 10.0. The quantitative estimate of drug-likeness (QED) is 0.0492. The summed E-state index contributed by atoms with van der Waals surface area (Å²) in [7, 11) is 2.23. The van der Waals surface area contributed by atoms with Crippen molar-refractivity contribution in [3.8, 4) is 0 Å². The fourth-order valence-electron chi connectivity index (χ4n) is 7.68. The monoisotopic (exact) mass is 720 g/mol. The highest BCUT2D eigenvalue weighted by Gasteiger charge is 2.30. The second-order valence-corrected chi connectivity index (χ2v) is 16.4. The molecule has 0 aromatic rings. The van der Waals surface area contributed by atoms with Gasteiger partial charge in [-0.25, -0.2) is 0 Å². The number of amides is 3. The molecule has 1 saturated heterocycles. The minimum absolute atomic E-state index is 0.174. The summed E-state index contributed by atoms with van der Waals surface area (Å²) in [6.07, 6.45) is 38.9. The first kappa shape index (κ1) is 47.4. The van der Waals surface area contributed by atoms with Gasteiger partial charge in [-0.05, 0) is 19.3 Å². The summed E-state index contributed by atoms with van der Waals surface area (Å²) in [4.78, 5) is 39.4. The van der Waals surface area contributed by atoms with E-state index in [1.54, 1.807) is 0 Å². The van der Waals surface area contributed by atoms with Crippen molar-refractivity contribution in [3.63, 3.8) is 0 Å². The topological polar surface area (TPSA) is 78.5 Å². The Morgan fingerprint density at radius 2 is 0.863 bits per heavy atom. The van der Waals surface area contributed by atoms with E-state index >= 15 is 0 Å². The Morgan fingerprint density at radius 3 is 1.18 bits per heavy atom. The highest BCUT2D eigenvalue weighted by molar-refractivity contribution is 5.78. The van der Waals surface area contributed by atoms with Gasteiger partial charge < -0.3 is 15.1 Å². The van der Waals surface area contributed by atoms with E-state index in [4.69, 9.17) is 0 Å². The first-order valence-electron chi connectivity index (χ1n) is 22.5. The van der Waals surface area contributed by atoms with Gasteiger partial charge in [-0.3, -0.25) is 19.3 Å². The molecule has 1 rings (SSSR count). The Morgan fingerprint density at radius 1 is 0.529 bits per heavy atom. The molecule has 0 aromatic carbocycles. The number of carbonyl (C=O) groups excluding carboxylic acids is 3. The molecule has 0 unspecified atom stereocenters. The number of nitrogens with one attached hydrogen (secondary N) is 2. The Balaban J connectivity index is 2.12. The summed E-state index contributed by atoms with van der Waals surface area (Å²) in [6, 6.07) is 0. The molecule has 0 radical (unpaired) electrons. The molecule has 0 aliphatic carbocycles. The van der Waals surface area contributed by atoms with Crippen molar-refractivity contribution in [1.29, 1.82) is 0 Å². The van der Waals surface area contributed by atoms with Gasteiger partial charge in [0, 0.05) is 51.7 Å². The molecular weight excluding hydrogens is 633 g/mol. The van der Waals surface area contributed by atoms with Crippen LogP contribution in [0.15, 0.2) is 0 Å². The Bertz CT molecular complexity index is 785. The predicted octanol–water partition coefficient (Wildman–Crippen LogP) is 11.0. The van der Waals surface area contributed by atoms with Crippen molar-refractivity contribution in [3.05, 3.63) is 0 Å². The fraction of sp³-hybridized carbons (Fsp3) is 0.932. The highest BCUT2D eigenvalue weighted by atomic mass is 16.2. The molecule has 7 heteroatoms. The average molecular weight is 720 g/mol. The van der Waals surface area contributed by atoms with Gasteiger partial charge in [-0.15, -0.1) is 0 Å². The van der Waals surface area contributed by atoms with Crippen LogP contribution in [0.5, 0.6) is 0 Å². The number of hydrogen-bond acceptors (Lipinski definition) is 3. The first-order chi connectivity index (χ1) is 24.9. The summed E-state index contributed by atoms with van der Waals surface area (Å²) in [5, 5.41) is 6.30. The molecule has 3 amide bonds. The van der Waals surface area contributed by atoms with Crippen LogP contribution in [0.3, 0.4) is 0 Å². The molecule has 1 aliphatic heterocycles. The zero-order valence-electron chi connectivity index (χ0n) is 34.5. The van der Waals surface area contributed by atoms with Crippen LogP contribution < -0.4 is 10.6 Å². The van der Waals surface area contributed by atoms with Gasteiger partial charge in [-0.1, -0.05) is 168 Å². The third-order valence-corrected chi connectivity index (χ3v) is 11.1. The lowest BCUT2D eigenvalue weighted by Gasteiger charge is -2.38. The van der Waals surface area contributed by atoms with Crippen LogP contribution >= 0.6 is 0 Å². The summed E-state index contributed by atoms with van der Waals surface area (Å²) >= 11 is 0. The van der Waals surface area contributed by atoms with E-state index in [9.17, 15) is 14.4 Å². The Kier molecular flexibility index (Phi) is 31.7. The lowest BCUT2D eigenvalue weighted by Crippen LogP contribution is -2.53. The fourth-order valence-corrected chi connectivity index (χ4v) is 7.68. The smallest absolute Gasteiger partial charge is 0.226 e. The van der Waals surface area contributed by atoms with Crippen molar-refractivity contribution in [1.82, 2.24) is 15.5 Å². The van der Waals surface area contributed by atoms with Crippen molar-refractivity contribution in [2.24, 2.45) is 0 Å². The standard InChI is InChI=1S/C44H86N4O3/c1-4-6-8-10-12-14-16-18-20-22-24-26-28-33-42(49)45-36-31-39-48(3,41-47-38-30-35-44(47)51)40-32-37-46-43(50)34-29-27-25-23-21-19-17-15-13-11-9-7-5-2/h4-41H2,1-3H3,(H-,45,46,49,50)/p+1. The zero-order chi connectivity index (χ0) is 37.1. The maximum atomic E-state index is 12.5. The van der Waals surface area contributed by atoms with Crippen LogP contribution in [0, 0.1) is 0 Å². The Labute approximate surface area is 317 Å². The summed E-state index contributed by atoms with van der Waals surface area (Å²) < 4.78 is 0.773. The van der Waals surface area contributed by atoms with Crippen LogP contribution in [0.25, 0.3) is 0 Å². The number of likely N-dealkylation sites (tertiary alicyclic amines) is 1. The lowest BCUT2D eigenvalue weighted by molar-refractivity contribution is -0.917. The average Bonchev–Trinajstić information content (AvgIpc) is 3.52. The van der Waals surface area contributed by atoms with Crippen molar-refractivity contribution in [2.75, 3.05) is 46.4 Å². The minimum atomic E-state index is 0.174. The van der Waals surface area contributed by atoms with E-state index in [1.165, 1.54) is 141 Å². The van der Waals surface area contributed by atoms with Crippen molar-refractivity contribution >= 4 is 17.7 Å². The molecule has 1 heterocycles. The number of carbonyl (C=O) groups is 3. The number of hydrogen-bond donors (Lipinski definition) is 2. The zero-order valence-corrected chi connectivity index (χ0v) is 34.5. The van der Waals surface area contributed by atoms with Crippen LogP contribution in [-0.2, 0) is 14.4 Å². The maximum absolute atomic E-state index is 12.5. The number of nitrogens with zero attached hydrogens (tertiary/aromatic N) is 2. The van der Waals surface area contributed by atoms with Gasteiger partial charge in [0.2, 0.25) is 17.7 Å². The third kappa shape index (κ3) is 29.5. The van der Waals surface area contributed by atoms with Crippen LogP contribution in [0.1, 0.15) is 219 Å². The van der Waals surface area contributed by atoms with Crippen LogP contribution in [-0.4, -0.2) is 73.5 Å². The molecule has 0 aromatic heterocycles. The number of rotatable bonds is 38. The van der Waals surface area contributed by atoms with Crippen molar-refractivity contribution < 1.29 is 18.9 Å². The molecule has 1 aliphatic rings. The SMILES string of the molecule is CCCCCCCCCCCCCCCC(=O)NCCC[N+](C)(CCCNC(=O)CCCCCCCCCCCCCCC)CN1CCCC1=O. The summed E-state index contributed by atoms with van der Waals surface area (Å²) in [5.74, 6) is 0.609. The van der Waals surface area contributed by atoms with Gasteiger partial charge in [0.25, 0.3) is 0 Å². The van der Waals surface area contributed by atoms with Gasteiger partial charge in [0.1, 0.15) is 0 Å². The molecular formula is C44H87N4O3+. The second-order valence-electron chi connectivity index (χ2n) is 16.4. The van der Waals surface area contributed by atoms with Gasteiger partial charge >= 0.3 is 0 Å². The van der Waals surface area contributed by atoms with Crippen LogP contribution in [0.2, 0.25) is 0 Å². The first-order valence-corrected chi connectivity index (χ1v) is 22.5. The molecule has 2 N–H and O–H groups in total. The molecule has 1 fully saturated rings. The van der Waals surface area contributed by atoms with Gasteiger partial charge in [-0.2, -0.15) is 0 Å². The molecule has 0 bridgehead atoms. The normalized spacial score (nSPS) is 13.3. The van der Waals surface area contributed by atoms with E-state index in [0.717, 1.165) is 75.7 Å². The number of quaternary nitrogens is 1. The van der Waals surface area contributed by atoms with E-state index in [2.05, 4.69) is 31.5 Å².